The summed E-state index contributed by atoms with van der Waals surface area (Å²) in [4.78, 5) is 23.8. The lowest BCUT2D eigenvalue weighted by molar-refractivity contribution is -0.205. The van der Waals surface area contributed by atoms with Crippen LogP contribution in [0.5, 0.6) is 0 Å². The van der Waals surface area contributed by atoms with Crippen LogP contribution in [0.1, 0.15) is 119 Å². The molecule has 0 radical (unpaired) electrons. The molecule has 0 N–H and O–H groups in total. The molecule has 0 aromatic carbocycles. The fraction of sp³-hybridized carbons (Fsp3) is 0.935. The number of ether oxygens (including phenoxy) is 2. The Morgan fingerprint density at radius 3 is 2.06 bits per heavy atom. The van der Waals surface area contributed by atoms with E-state index in [1.54, 1.807) is 0 Å². The zero-order chi connectivity index (χ0) is 25.5. The molecule has 0 aromatic heterocycles. The molecule has 4 saturated carbocycles. The molecule has 4 rings (SSSR count). The van der Waals surface area contributed by atoms with E-state index in [4.69, 9.17) is 9.47 Å². The smallest absolute Gasteiger partial charge is 0.303 e. The molecule has 0 saturated heterocycles. The summed E-state index contributed by atoms with van der Waals surface area (Å²) in [7, 11) is 0. The first-order valence-electron chi connectivity index (χ1n) is 14.8. The van der Waals surface area contributed by atoms with Gasteiger partial charge in [0.2, 0.25) is 0 Å². The summed E-state index contributed by atoms with van der Waals surface area (Å²) in [5.74, 6) is 4.64. The zero-order valence-corrected chi connectivity index (χ0v) is 23.6. The molecule has 35 heavy (non-hydrogen) atoms. The summed E-state index contributed by atoms with van der Waals surface area (Å²) in [6.07, 6.45) is 13.2. The minimum atomic E-state index is -0.290. The first-order valence-corrected chi connectivity index (χ1v) is 14.8. The zero-order valence-electron chi connectivity index (χ0n) is 23.6. The van der Waals surface area contributed by atoms with E-state index >= 15 is 0 Å². The van der Waals surface area contributed by atoms with Crippen molar-refractivity contribution in [1.29, 1.82) is 0 Å². The predicted octanol–water partition coefficient (Wildman–Crippen LogP) is 7.58. The average molecular weight is 489 g/mol. The summed E-state index contributed by atoms with van der Waals surface area (Å²) in [5.41, 5.74) is 0.661. The largest absolute Gasteiger partial charge is 0.459 e. The number of rotatable bonds is 7. The third-order valence-corrected chi connectivity index (χ3v) is 11.5. The average Bonchev–Trinajstić information content (AvgIpc) is 3.12. The molecule has 4 aliphatic rings. The maximum Gasteiger partial charge on any atom is 0.303 e. The molecule has 0 unspecified atom stereocenters. The van der Waals surface area contributed by atoms with Crippen molar-refractivity contribution in [2.45, 2.75) is 131 Å². The molecule has 0 heterocycles. The number of fused-ring (bicyclic) bond motifs is 5. The lowest BCUT2D eigenvalue weighted by Crippen LogP contribution is -2.59. The van der Waals surface area contributed by atoms with E-state index in [-0.39, 0.29) is 29.6 Å². The van der Waals surface area contributed by atoms with E-state index in [1.807, 2.05) is 0 Å². The van der Waals surface area contributed by atoms with Gasteiger partial charge in [-0.15, -0.1) is 0 Å². The van der Waals surface area contributed by atoms with Gasteiger partial charge in [-0.3, -0.25) is 9.59 Å². The predicted molar refractivity (Wildman–Crippen MR) is 140 cm³/mol. The van der Waals surface area contributed by atoms with Gasteiger partial charge in [-0.2, -0.15) is 0 Å². The van der Waals surface area contributed by atoms with Crippen molar-refractivity contribution < 1.29 is 19.1 Å². The van der Waals surface area contributed by atoms with Crippen molar-refractivity contribution >= 4 is 11.9 Å². The van der Waals surface area contributed by atoms with Gasteiger partial charge in [0.15, 0.2) is 0 Å². The second kappa shape index (κ2) is 10.4. The summed E-state index contributed by atoms with van der Waals surface area (Å²) in [6, 6.07) is 0. The molecule has 0 aromatic rings. The Morgan fingerprint density at radius 2 is 1.40 bits per heavy atom. The van der Waals surface area contributed by atoms with Gasteiger partial charge in [-0.25, -0.2) is 0 Å². The standard InChI is InChI=1S/C31H52O4/c1-19(2)9-8-10-20(3)24-13-14-25-23-11-12-27-29(35-22(5)33)28(34-21(4)32)16-18-31(27,7)26(23)15-17-30(24,25)6/h19-20,23-29H,8-18H2,1-7H3/t20-,23+,24+,25-,26-,27+,28-,29+,30+,31-/m1/s1. The number of hydrogen-bond donors (Lipinski definition) is 0. The maximum atomic E-state index is 12.0. The summed E-state index contributed by atoms with van der Waals surface area (Å²) >= 11 is 0. The summed E-state index contributed by atoms with van der Waals surface area (Å²) in [6.45, 7) is 15.3. The first kappa shape index (κ1) is 27.0. The van der Waals surface area contributed by atoms with Crippen LogP contribution >= 0.6 is 0 Å². The highest BCUT2D eigenvalue weighted by Crippen LogP contribution is 2.68. The van der Waals surface area contributed by atoms with Crippen LogP contribution in [-0.4, -0.2) is 24.1 Å². The van der Waals surface area contributed by atoms with Crippen molar-refractivity contribution in [3.63, 3.8) is 0 Å². The minimum absolute atomic E-state index is 0.169. The lowest BCUT2D eigenvalue weighted by Gasteiger charge is -2.62. The van der Waals surface area contributed by atoms with Crippen LogP contribution in [0.3, 0.4) is 0 Å². The topological polar surface area (TPSA) is 52.6 Å². The van der Waals surface area contributed by atoms with Gasteiger partial charge in [0.05, 0.1) is 0 Å². The second-order valence-corrected chi connectivity index (χ2v) is 13.9. The maximum absolute atomic E-state index is 12.0. The Kier molecular flexibility index (Phi) is 7.99. The molecule has 0 aliphatic heterocycles. The van der Waals surface area contributed by atoms with Gasteiger partial charge < -0.3 is 9.47 Å². The summed E-state index contributed by atoms with van der Waals surface area (Å²) < 4.78 is 11.6. The van der Waals surface area contributed by atoms with E-state index < -0.39 is 0 Å². The normalized spacial score (nSPS) is 43.6. The molecule has 4 aliphatic carbocycles. The van der Waals surface area contributed by atoms with E-state index in [1.165, 1.54) is 65.2 Å². The van der Waals surface area contributed by atoms with Crippen LogP contribution in [0.2, 0.25) is 0 Å². The van der Waals surface area contributed by atoms with Crippen LogP contribution in [0.15, 0.2) is 0 Å². The Balaban J connectivity index is 1.50. The Bertz CT molecular complexity index is 776. The van der Waals surface area contributed by atoms with Crippen molar-refractivity contribution in [2.24, 2.45) is 52.3 Å². The molecule has 0 spiro atoms. The SMILES string of the molecule is CC(=O)O[C@@H]1[C@H](OC(C)=O)CC[C@]2(C)[C@@H]3CC[C@]4(C)[C@H](CC[C@H]4[C@H](C)CCCC(C)C)[C@@H]3CC[C@@H]12. The minimum Gasteiger partial charge on any atom is -0.459 e. The fourth-order valence-electron chi connectivity index (χ4n) is 9.99. The van der Waals surface area contributed by atoms with Crippen LogP contribution < -0.4 is 0 Å². The van der Waals surface area contributed by atoms with E-state index in [0.29, 0.717) is 17.3 Å². The van der Waals surface area contributed by atoms with Crippen LogP contribution in [-0.2, 0) is 19.1 Å². The third-order valence-electron chi connectivity index (χ3n) is 11.5. The number of carbonyl (C=O) groups is 2. The Morgan fingerprint density at radius 1 is 0.771 bits per heavy atom. The molecule has 0 amide bonds. The highest BCUT2D eigenvalue weighted by atomic mass is 16.6. The molecule has 4 heteroatoms. The van der Waals surface area contributed by atoms with Crippen LogP contribution in [0.4, 0.5) is 0 Å². The molecular weight excluding hydrogens is 436 g/mol. The molecule has 4 fully saturated rings. The van der Waals surface area contributed by atoms with Gasteiger partial charge >= 0.3 is 11.9 Å². The second-order valence-electron chi connectivity index (χ2n) is 13.9. The van der Waals surface area contributed by atoms with Crippen molar-refractivity contribution in [2.75, 3.05) is 0 Å². The van der Waals surface area contributed by atoms with Crippen molar-refractivity contribution in [3.8, 4) is 0 Å². The van der Waals surface area contributed by atoms with Gasteiger partial charge in [-0.05, 0) is 97.7 Å². The highest BCUT2D eigenvalue weighted by Gasteiger charge is 2.63. The van der Waals surface area contributed by atoms with Gasteiger partial charge in [0, 0.05) is 19.8 Å². The van der Waals surface area contributed by atoms with Gasteiger partial charge in [0.25, 0.3) is 0 Å². The molecule has 10 atom stereocenters. The van der Waals surface area contributed by atoms with Crippen LogP contribution in [0.25, 0.3) is 0 Å². The quantitative estimate of drug-likeness (QED) is 0.347. The summed E-state index contributed by atoms with van der Waals surface area (Å²) in [5, 5.41) is 0. The van der Waals surface area contributed by atoms with Crippen molar-refractivity contribution in [3.05, 3.63) is 0 Å². The lowest BCUT2D eigenvalue weighted by atomic mass is 9.44. The van der Waals surface area contributed by atoms with Crippen molar-refractivity contribution in [1.82, 2.24) is 0 Å². The fourth-order valence-corrected chi connectivity index (χ4v) is 9.99. The first-order chi connectivity index (χ1) is 16.5. The van der Waals surface area contributed by atoms with E-state index in [9.17, 15) is 9.59 Å². The van der Waals surface area contributed by atoms with E-state index in [2.05, 4.69) is 34.6 Å². The Labute approximate surface area is 214 Å². The number of hydrogen-bond acceptors (Lipinski definition) is 4. The molecule has 200 valence electrons. The number of carbonyl (C=O) groups excluding carboxylic acids is 2. The molecular formula is C31H52O4. The molecule has 4 nitrogen and oxygen atoms in total. The number of esters is 2. The Hall–Kier alpha value is -1.06. The molecule has 0 bridgehead atoms. The van der Waals surface area contributed by atoms with Crippen LogP contribution in [0, 0.1) is 52.3 Å². The monoisotopic (exact) mass is 488 g/mol. The van der Waals surface area contributed by atoms with Gasteiger partial charge in [0.1, 0.15) is 12.2 Å². The van der Waals surface area contributed by atoms with Gasteiger partial charge in [-0.1, -0.05) is 53.9 Å². The van der Waals surface area contributed by atoms with E-state index in [0.717, 1.165) is 48.9 Å². The third kappa shape index (κ3) is 5.06. The highest BCUT2D eigenvalue weighted by molar-refractivity contribution is 5.67.